The van der Waals surface area contributed by atoms with Crippen molar-refractivity contribution < 1.29 is 13.9 Å². The third-order valence-electron chi connectivity index (χ3n) is 4.06. The Labute approximate surface area is 129 Å². The van der Waals surface area contributed by atoms with Crippen LogP contribution in [0.5, 0.6) is 5.75 Å². The zero-order valence-corrected chi connectivity index (χ0v) is 13.1. The van der Waals surface area contributed by atoms with Crippen LogP contribution in [-0.4, -0.2) is 18.7 Å². The van der Waals surface area contributed by atoms with Crippen molar-refractivity contribution in [3.63, 3.8) is 0 Å². The van der Waals surface area contributed by atoms with Crippen LogP contribution in [0.4, 0.5) is 0 Å². The summed E-state index contributed by atoms with van der Waals surface area (Å²) in [6.07, 6.45) is 1.52. The summed E-state index contributed by atoms with van der Waals surface area (Å²) in [5.41, 5.74) is 2.29. The van der Waals surface area contributed by atoms with Gasteiger partial charge in [-0.1, -0.05) is 19.9 Å². The highest BCUT2D eigenvalue weighted by Crippen LogP contribution is 2.40. The van der Waals surface area contributed by atoms with Gasteiger partial charge in [0.05, 0.1) is 19.1 Å². The van der Waals surface area contributed by atoms with E-state index in [2.05, 4.69) is 11.1 Å². The van der Waals surface area contributed by atoms with E-state index < -0.39 is 0 Å². The van der Waals surface area contributed by atoms with Crippen LogP contribution in [-0.2, 0) is 4.74 Å². The smallest absolute Gasteiger partial charge is 0.198 e. The molecular formula is C17H20N2O3. The Hall–Kier alpha value is -2.06. The molecule has 1 saturated heterocycles. The molecule has 5 nitrogen and oxygen atoms in total. The van der Waals surface area contributed by atoms with Crippen LogP contribution in [0.3, 0.4) is 0 Å². The molecule has 0 saturated carbocycles. The summed E-state index contributed by atoms with van der Waals surface area (Å²) in [4.78, 5) is 4.63. The van der Waals surface area contributed by atoms with Gasteiger partial charge in [-0.3, -0.25) is 0 Å². The molecule has 3 rings (SSSR count). The van der Waals surface area contributed by atoms with Crippen molar-refractivity contribution >= 4 is 11.1 Å². The molecular weight excluding hydrogens is 280 g/mol. The molecule has 0 radical (unpaired) electrons. The first-order valence-corrected chi connectivity index (χ1v) is 7.64. The van der Waals surface area contributed by atoms with Crippen molar-refractivity contribution in [3.05, 3.63) is 23.6 Å². The number of nitrogens with zero attached hydrogens (tertiary/aromatic N) is 2. The first-order valence-electron chi connectivity index (χ1n) is 7.64. The minimum atomic E-state index is -0.253. The molecule has 2 unspecified atom stereocenters. The summed E-state index contributed by atoms with van der Waals surface area (Å²) in [5, 5.41) is 9.39. The lowest BCUT2D eigenvalue weighted by Crippen LogP contribution is -2.21. The van der Waals surface area contributed by atoms with Gasteiger partial charge in [0.15, 0.2) is 17.2 Å². The zero-order valence-electron chi connectivity index (χ0n) is 13.1. The maximum absolute atomic E-state index is 9.39. The minimum absolute atomic E-state index is 0.149. The molecule has 1 fully saturated rings. The minimum Gasteiger partial charge on any atom is -0.493 e. The Morgan fingerprint density at radius 3 is 2.91 bits per heavy atom. The van der Waals surface area contributed by atoms with E-state index in [1.165, 1.54) is 0 Å². The van der Waals surface area contributed by atoms with Crippen molar-refractivity contribution in [2.24, 2.45) is 5.92 Å². The van der Waals surface area contributed by atoms with E-state index in [0.717, 1.165) is 23.9 Å². The quantitative estimate of drug-likeness (QED) is 0.858. The Balaban J connectivity index is 2.15. The fraction of sp³-hybridized carbons (Fsp3) is 0.529. The summed E-state index contributed by atoms with van der Waals surface area (Å²) in [7, 11) is 1.61. The van der Waals surface area contributed by atoms with Gasteiger partial charge >= 0.3 is 0 Å². The number of aromatic nitrogens is 1. The number of rotatable bonds is 3. The van der Waals surface area contributed by atoms with Crippen molar-refractivity contribution in [2.45, 2.75) is 38.7 Å². The largest absolute Gasteiger partial charge is 0.493 e. The molecule has 1 aliphatic heterocycles. The normalized spacial score (nSPS) is 22.0. The molecule has 0 amide bonds. The van der Waals surface area contributed by atoms with Gasteiger partial charge in [-0.05, 0) is 18.9 Å². The Morgan fingerprint density at radius 2 is 2.23 bits per heavy atom. The number of fused-ring (bicyclic) bond motifs is 1. The molecule has 2 atom stereocenters. The van der Waals surface area contributed by atoms with Crippen molar-refractivity contribution in [2.75, 3.05) is 13.7 Å². The highest BCUT2D eigenvalue weighted by atomic mass is 16.5. The van der Waals surface area contributed by atoms with Gasteiger partial charge in [-0.15, -0.1) is 0 Å². The topological polar surface area (TPSA) is 68.3 Å². The maximum Gasteiger partial charge on any atom is 0.198 e. The molecule has 0 N–H and O–H groups in total. The lowest BCUT2D eigenvalue weighted by Gasteiger charge is -2.27. The van der Waals surface area contributed by atoms with Gasteiger partial charge in [0, 0.05) is 18.1 Å². The second-order valence-electron chi connectivity index (χ2n) is 5.91. The summed E-state index contributed by atoms with van der Waals surface area (Å²) in [6.45, 7) is 4.74. The molecule has 0 bridgehead atoms. The first-order chi connectivity index (χ1) is 10.7. The monoisotopic (exact) mass is 300 g/mol. The number of oxazole rings is 1. The van der Waals surface area contributed by atoms with Gasteiger partial charge in [0.25, 0.3) is 0 Å². The first kappa shape index (κ1) is 14.9. The summed E-state index contributed by atoms with van der Waals surface area (Å²) in [6, 6.07) is 6.16. The molecule has 22 heavy (non-hydrogen) atoms. The SMILES string of the molecule is COc1ccc(C2OCCCC2C#N)c2nc(C(C)C)oc12. The van der Waals surface area contributed by atoms with Crippen LogP contribution in [0.1, 0.15) is 50.2 Å². The van der Waals surface area contributed by atoms with E-state index in [9.17, 15) is 5.26 Å². The molecule has 1 aromatic heterocycles. The lowest BCUT2D eigenvalue weighted by molar-refractivity contribution is -0.00936. The van der Waals surface area contributed by atoms with Crippen LogP contribution < -0.4 is 4.74 Å². The Bertz CT molecular complexity index is 714. The zero-order chi connectivity index (χ0) is 15.7. The third-order valence-corrected chi connectivity index (χ3v) is 4.06. The van der Waals surface area contributed by atoms with E-state index in [-0.39, 0.29) is 17.9 Å². The molecule has 2 heterocycles. The van der Waals surface area contributed by atoms with Gasteiger partial charge < -0.3 is 13.9 Å². The van der Waals surface area contributed by atoms with Gasteiger partial charge in [-0.2, -0.15) is 5.26 Å². The molecule has 5 heteroatoms. The van der Waals surface area contributed by atoms with Gasteiger partial charge in [-0.25, -0.2) is 4.98 Å². The third kappa shape index (κ3) is 2.44. The molecule has 2 aromatic rings. The average Bonchev–Trinajstić information content (AvgIpc) is 2.99. The predicted octanol–water partition coefficient (Wildman–Crippen LogP) is 3.95. The van der Waals surface area contributed by atoms with Crippen molar-refractivity contribution in [3.8, 4) is 11.8 Å². The molecule has 1 aromatic carbocycles. The van der Waals surface area contributed by atoms with Crippen LogP contribution in [0.15, 0.2) is 16.5 Å². The molecule has 1 aliphatic rings. The second-order valence-corrected chi connectivity index (χ2v) is 5.91. The second kappa shape index (κ2) is 5.98. The number of ether oxygens (including phenoxy) is 2. The van der Waals surface area contributed by atoms with Gasteiger partial charge in [0.2, 0.25) is 0 Å². The number of hydrogen-bond acceptors (Lipinski definition) is 5. The number of methoxy groups -OCH3 is 1. The Morgan fingerprint density at radius 1 is 1.41 bits per heavy atom. The lowest BCUT2D eigenvalue weighted by atomic mass is 9.90. The Kier molecular flexibility index (Phi) is 4.04. The molecule has 0 spiro atoms. The highest BCUT2D eigenvalue weighted by Gasteiger charge is 2.31. The van der Waals surface area contributed by atoms with E-state index in [4.69, 9.17) is 13.9 Å². The van der Waals surface area contributed by atoms with Crippen LogP contribution in [0.25, 0.3) is 11.1 Å². The highest BCUT2D eigenvalue weighted by molar-refractivity contribution is 5.83. The van der Waals surface area contributed by atoms with E-state index >= 15 is 0 Å². The van der Waals surface area contributed by atoms with Gasteiger partial charge in [0.1, 0.15) is 11.6 Å². The number of hydrogen-bond donors (Lipinski definition) is 0. The fourth-order valence-corrected chi connectivity index (χ4v) is 2.88. The van der Waals surface area contributed by atoms with Crippen molar-refractivity contribution in [1.29, 1.82) is 5.26 Å². The molecule has 0 aliphatic carbocycles. The van der Waals surface area contributed by atoms with Crippen LogP contribution in [0, 0.1) is 17.2 Å². The van der Waals surface area contributed by atoms with Crippen LogP contribution >= 0.6 is 0 Å². The predicted molar refractivity (Wildman–Crippen MR) is 81.7 cm³/mol. The number of benzene rings is 1. The standard InChI is InChI=1S/C17H20N2O3/c1-10(2)17-19-14-12(6-7-13(20-3)16(14)22-17)15-11(9-18)5-4-8-21-15/h6-7,10-11,15H,4-5,8H2,1-3H3. The van der Waals surface area contributed by atoms with E-state index in [1.807, 2.05) is 26.0 Å². The summed E-state index contributed by atoms with van der Waals surface area (Å²) >= 11 is 0. The maximum atomic E-state index is 9.39. The van der Waals surface area contributed by atoms with E-state index in [1.54, 1.807) is 7.11 Å². The van der Waals surface area contributed by atoms with Crippen LogP contribution in [0.2, 0.25) is 0 Å². The summed E-state index contributed by atoms with van der Waals surface area (Å²) in [5.74, 6) is 1.36. The average molecular weight is 300 g/mol. The summed E-state index contributed by atoms with van der Waals surface area (Å²) < 4.78 is 17.1. The molecule has 116 valence electrons. The van der Waals surface area contributed by atoms with E-state index in [0.29, 0.717) is 23.8 Å². The van der Waals surface area contributed by atoms with Crippen molar-refractivity contribution in [1.82, 2.24) is 4.98 Å². The number of nitriles is 1. The fourth-order valence-electron chi connectivity index (χ4n) is 2.88.